The van der Waals surface area contributed by atoms with Gasteiger partial charge in [-0.15, -0.1) is 12.4 Å². The molecule has 0 atom stereocenters. The lowest BCUT2D eigenvalue weighted by atomic mass is 10.1. The summed E-state index contributed by atoms with van der Waals surface area (Å²) in [7, 11) is 0. The number of hydrogen-bond donors (Lipinski definition) is 2. The molecule has 1 aromatic rings. The van der Waals surface area contributed by atoms with Gasteiger partial charge in [0.1, 0.15) is 0 Å². The maximum absolute atomic E-state index is 11.9. The molecule has 6 heteroatoms. The second-order valence-electron chi connectivity index (χ2n) is 5.75. The largest absolute Gasteiger partial charge is 0.356 e. The molecule has 3 N–H and O–H groups in total. The number of hydrogen-bond acceptors (Lipinski definition) is 3. The Labute approximate surface area is 134 Å². The molecule has 0 bridgehead atoms. The minimum Gasteiger partial charge on any atom is -0.356 e. The van der Waals surface area contributed by atoms with Crippen LogP contribution in [0.1, 0.15) is 43.6 Å². The first-order valence-electron chi connectivity index (χ1n) is 7.45. The zero-order valence-electron chi connectivity index (χ0n) is 13.6. The number of nitrogens with zero attached hydrogens (tertiary/aromatic N) is 2. The first-order chi connectivity index (χ1) is 9.45. The normalized spacial score (nSPS) is 10.6. The van der Waals surface area contributed by atoms with Crippen molar-refractivity contribution in [2.75, 3.05) is 13.1 Å². The number of halogens is 1. The van der Waals surface area contributed by atoms with Gasteiger partial charge in [-0.3, -0.25) is 9.48 Å². The first kappa shape index (κ1) is 19.9. The van der Waals surface area contributed by atoms with Gasteiger partial charge < -0.3 is 11.1 Å². The second kappa shape index (κ2) is 9.79. The van der Waals surface area contributed by atoms with Crippen LogP contribution in [-0.2, 0) is 17.8 Å². The lowest BCUT2D eigenvalue weighted by molar-refractivity contribution is -0.120. The number of aromatic nitrogens is 2. The fourth-order valence-corrected chi connectivity index (χ4v) is 2.23. The van der Waals surface area contributed by atoms with Crippen LogP contribution in [-0.4, -0.2) is 28.8 Å². The zero-order chi connectivity index (χ0) is 15.1. The van der Waals surface area contributed by atoms with Gasteiger partial charge in [0.2, 0.25) is 5.91 Å². The number of amides is 1. The smallest absolute Gasteiger partial charge is 0.224 e. The molecule has 1 aromatic heterocycles. The fourth-order valence-electron chi connectivity index (χ4n) is 2.23. The van der Waals surface area contributed by atoms with E-state index in [1.54, 1.807) is 0 Å². The van der Waals surface area contributed by atoms with Crippen molar-refractivity contribution in [3.8, 4) is 0 Å². The molecule has 0 unspecified atom stereocenters. The molecule has 0 saturated carbocycles. The Hall–Kier alpha value is -1.07. The minimum atomic E-state index is 0. The van der Waals surface area contributed by atoms with Gasteiger partial charge in [0.25, 0.3) is 0 Å². The van der Waals surface area contributed by atoms with Crippen LogP contribution in [0.2, 0.25) is 0 Å². The van der Waals surface area contributed by atoms with E-state index < -0.39 is 0 Å². The fraction of sp³-hybridized carbons (Fsp3) is 0.733. The highest BCUT2D eigenvalue weighted by Crippen LogP contribution is 2.15. The van der Waals surface area contributed by atoms with E-state index in [2.05, 4.69) is 24.3 Å². The molecule has 0 aromatic carbocycles. The lowest BCUT2D eigenvalue weighted by Gasteiger charge is -2.08. The third-order valence-electron chi connectivity index (χ3n) is 3.36. The van der Waals surface area contributed by atoms with E-state index in [1.165, 1.54) is 0 Å². The zero-order valence-corrected chi connectivity index (χ0v) is 14.4. The highest BCUT2D eigenvalue weighted by atomic mass is 35.5. The number of nitrogens with two attached hydrogens (primary N) is 1. The molecule has 0 aliphatic carbocycles. The van der Waals surface area contributed by atoms with E-state index in [1.807, 2.05) is 18.5 Å². The number of nitrogens with one attached hydrogen (secondary N) is 1. The van der Waals surface area contributed by atoms with E-state index in [-0.39, 0.29) is 18.3 Å². The molecule has 5 nitrogen and oxygen atoms in total. The number of carbonyl (C=O) groups is 1. The van der Waals surface area contributed by atoms with Gasteiger partial charge in [0.15, 0.2) is 0 Å². The monoisotopic (exact) mass is 316 g/mol. The van der Waals surface area contributed by atoms with Gasteiger partial charge in [-0.2, -0.15) is 5.10 Å². The third kappa shape index (κ3) is 6.48. The number of aryl methyl sites for hydroxylation is 1. The van der Waals surface area contributed by atoms with E-state index in [0.717, 1.165) is 36.3 Å². The molecule has 0 aliphatic heterocycles. The maximum atomic E-state index is 11.9. The highest BCUT2D eigenvalue weighted by molar-refractivity contribution is 5.85. The number of rotatable bonds is 8. The molecular weight excluding hydrogens is 288 g/mol. The average molecular weight is 317 g/mol. The van der Waals surface area contributed by atoms with Crippen molar-refractivity contribution in [2.45, 2.75) is 53.5 Å². The van der Waals surface area contributed by atoms with E-state index in [9.17, 15) is 4.79 Å². The number of carbonyl (C=O) groups excluding carboxylic acids is 1. The Kier molecular flexibility index (Phi) is 9.29. The van der Waals surface area contributed by atoms with E-state index in [0.29, 0.717) is 25.4 Å². The van der Waals surface area contributed by atoms with Crippen molar-refractivity contribution < 1.29 is 4.79 Å². The van der Waals surface area contributed by atoms with Gasteiger partial charge in [-0.25, -0.2) is 0 Å². The van der Waals surface area contributed by atoms with Gasteiger partial charge in [-0.05, 0) is 39.2 Å². The Balaban J connectivity index is 0.00000400. The molecule has 0 radical (unpaired) electrons. The Bertz CT molecular complexity index is 443. The Morgan fingerprint density at radius 1 is 1.33 bits per heavy atom. The van der Waals surface area contributed by atoms with Crippen LogP contribution >= 0.6 is 12.4 Å². The number of unbranched alkanes of at least 4 members (excludes halogenated alkanes) is 1. The molecular formula is C15H29ClN4O. The van der Waals surface area contributed by atoms with Crippen LogP contribution in [0.25, 0.3) is 0 Å². The summed E-state index contributed by atoms with van der Waals surface area (Å²) in [5, 5.41) is 7.47. The molecule has 1 amide bonds. The molecule has 0 aliphatic rings. The quantitative estimate of drug-likeness (QED) is 0.720. The van der Waals surface area contributed by atoms with Crippen LogP contribution in [0.5, 0.6) is 0 Å². The first-order valence-corrected chi connectivity index (χ1v) is 7.45. The van der Waals surface area contributed by atoms with Gasteiger partial charge in [-0.1, -0.05) is 13.8 Å². The van der Waals surface area contributed by atoms with Gasteiger partial charge >= 0.3 is 0 Å². The Morgan fingerprint density at radius 2 is 2.00 bits per heavy atom. The van der Waals surface area contributed by atoms with Crippen LogP contribution in [0.15, 0.2) is 0 Å². The van der Waals surface area contributed by atoms with Crippen LogP contribution in [0.4, 0.5) is 0 Å². The Morgan fingerprint density at radius 3 is 2.57 bits per heavy atom. The van der Waals surface area contributed by atoms with Gasteiger partial charge in [0, 0.05) is 24.3 Å². The summed E-state index contributed by atoms with van der Waals surface area (Å²) in [6.45, 7) is 10.6. The van der Waals surface area contributed by atoms with Crippen LogP contribution < -0.4 is 11.1 Å². The topological polar surface area (TPSA) is 72.9 Å². The van der Waals surface area contributed by atoms with E-state index in [4.69, 9.17) is 5.73 Å². The predicted octanol–water partition coefficient (Wildman–Crippen LogP) is 1.98. The van der Waals surface area contributed by atoms with Crippen molar-refractivity contribution in [3.05, 3.63) is 17.0 Å². The van der Waals surface area contributed by atoms with Crippen LogP contribution in [0.3, 0.4) is 0 Å². The summed E-state index contributed by atoms with van der Waals surface area (Å²) in [6, 6.07) is 0. The second-order valence-corrected chi connectivity index (χ2v) is 5.75. The molecule has 0 fully saturated rings. The average Bonchev–Trinajstić information content (AvgIpc) is 2.62. The molecule has 0 saturated heterocycles. The minimum absolute atomic E-state index is 0. The molecule has 1 heterocycles. The summed E-state index contributed by atoms with van der Waals surface area (Å²) < 4.78 is 2.01. The van der Waals surface area contributed by atoms with Crippen molar-refractivity contribution >= 4 is 18.3 Å². The predicted molar refractivity (Wildman–Crippen MR) is 88.8 cm³/mol. The summed E-state index contributed by atoms with van der Waals surface area (Å²) in [5.74, 6) is 0.614. The standard InChI is InChI=1S/C15H28N4O.ClH/c1-11(2)10-19-13(4)14(12(3)18-19)9-15(20)17-8-6-5-7-16;/h11H,5-10,16H2,1-4H3,(H,17,20);1H. The van der Waals surface area contributed by atoms with Crippen molar-refractivity contribution in [1.82, 2.24) is 15.1 Å². The summed E-state index contributed by atoms with van der Waals surface area (Å²) in [6.07, 6.45) is 2.30. The van der Waals surface area contributed by atoms with Crippen LogP contribution in [0, 0.1) is 19.8 Å². The van der Waals surface area contributed by atoms with Crippen molar-refractivity contribution in [2.24, 2.45) is 11.7 Å². The molecule has 122 valence electrons. The van der Waals surface area contributed by atoms with Gasteiger partial charge in [0.05, 0.1) is 12.1 Å². The SMILES string of the molecule is Cc1nn(CC(C)C)c(C)c1CC(=O)NCCCCN.Cl. The van der Waals surface area contributed by atoms with E-state index >= 15 is 0 Å². The van der Waals surface area contributed by atoms with Crippen molar-refractivity contribution in [1.29, 1.82) is 0 Å². The summed E-state index contributed by atoms with van der Waals surface area (Å²) >= 11 is 0. The lowest BCUT2D eigenvalue weighted by Crippen LogP contribution is -2.26. The maximum Gasteiger partial charge on any atom is 0.224 e. The third-order valence-corrected chi connectivity index (χ3v) is 3.36. The molecule has 21 heavy (non-hydrogen) atoms. The van der Waals surface area contributed by atoms with Crippen molar-refractivity contribution in [3.63, 3.8) is 0 Å². The highest BCUT2D eigenvalue weighted by Gasteiger charge is 2.15. The summed E-state index contributed by atoms with van der Waals surface area (Å²) in [5.41, 5.74) is 8.55. The molecule has 0 spiro atoms. The molecule has 1 rings (SSSR count). The summed E-state index contributed by atoms with van der Waals surface area (Å²) in [4.78, 5) is 11.9.